The summed E-state index contributed by atoms with van der Waals surface area (Å²) in [4.78, 5) is 0. The molecule has 0 atom stereocenters. The minimum absolute atomic E-state index is 0.340. The van der Waals surface area contributed by atoms with Crippen LogP contribution < -0.4 is 5.46 Å². The van der Waals surface area contributed by atoms with Crippen LogP contribution in [0.4, 0.5) is 0 Å². The lowest BCUT2D eigenvalue weighted by atomic mass is 9.74. The third-order valence-electron chi connectivity index (χ3n) is 6.84. The molecule has 0 amide bonds. The molecule has 29 heavy (non-hydrogen) atoms. The summed E-state index contributed by atoms with van der Waals surface area (Å²) < 4.78 is 12.8. The Bertz CT molecular complexity index is 1190. The second-order valence-electron chi connectivity index (χ2n) is 10.0. The quantitative estimate of drug-likeness (QED) is 0.315. The van der Waals surface area contributed by atoms with Gasteiger partial charge in [0.1, 0.15) is 0 Å². The molecule has 1 aliphatic heterocycles. The molecule has 1 saturated heterocycles. The molecule has 1 aliphatic rings. The van der Waals surface area contributed by atoms with Gasteiger partial charge in [0.15, 0.2) is 0 Å². The summed E-state index contributed by atoms with van der Waals surface area (Å²) in [6.07, 6.45) is 1.11. The molecule has 5 rings (SSSR count). The summed E-state index contributed by atoms with van der Waals surface area (Å²) in [6, 6.07) is 18.1. The van der Waals surface area contributed by atoms with Crippen LogP contribution in [0, 0.1) is 5.92 Å². The minimum atomic E-state index is -0.346. The van der Waals surface area contributed by atoms with E-state index in [-0.39, 0.29) is 18.3 Å². The average molecular weight is 384 g/mol. The van der Waals surface area contributed by atoms with E-state index in [0.717, 1.165) is 11.9 Å². The largest absolute Gasteiger partial charge is 0.495 e. The molecule has 3 heteroatoms. The lowest BCUT2D eigenvalue weighted by Crippen LogP contribution is -2.41. The van der Waals surface area contributed by atoms with E-state index in [0.29, 0.717) is 5.92 Å². The topological polar surface area (TPSA) is 18.5 Å². The van der Waals surface area contributed by atoms with Crippen molar-refractivity contribution in [1.29, 1.82) is 0 Å². The van der Waals surface area contributed by atoms with Crippen molar-refractivity contribution >= 4 is 44.9 Å². The van der Waals surface area contributed by atoms with Gasteiger partial charge in [0.2, 0.25) is 0 Å². The summed E-state index contributed by atoms with van der Waals surface area (Å²) in [5, 5.41) is 7.82. The van der Waals surface area contributed by atoms with E-state index in [9.17, 15) is 0 Å². The summed E-state index contributed by atoms with van der Waals surface area (Å²) in [6.45, 7) is 13.0. The van der Waals surface area contributed by atoms with Gasteiger partial charge in [-0.15, -0.1) is 0 Å². The zero-order chi connectivity index (χ0) is 20.6. The van der Waals surface area contributed by atoms with Crippen LogP contribution in [0.1, 0.15) is 47.1 Å². The van der Waals surface area contributed by atoms with Gasteiger partial charge in [0.25, 0.3) is 0 Å². The second kappa shape index (κ2) is 6.20. The van der Waals surface area contributed by atoms with E-state index in [1.807, 2.05) is 0 Å². The van der Waals surface area contributed by atoms with Crippen LogP contribution in [0.25, 0.3) is 32.3 Å². The van der Waals surface area contributed by atoms with Crippen molar-refractivity contribution in [2.45, 2.75) is 59.2 Å². The zero-order valence-electron chi connectivity index (χ0n) is 18.3. The molecule has 4 aromatic carbocycles. The summed E-state index contributed by atoms with van der Waals surface area (Å²) >= 11 is 0. The van der Waals surface area contributed by atoms with Crippen molar-refractivity contribution in [2.24, 2.45) is 5.92 Å². The maximum absolute atomic E-state index is 6.38. The monoisotopic (exact) mass is 384 g/mol. The van der Waals surface area contributed by atoms with E-state index in [4.69, 9.17) is 9.31 Å². The highest BCUT2D eigenvalue weighted by atomic mass is 16.7. The average Bonchev–Trinajstić information content (AvgIpc) is 2.86. The van der Waals surface area contributed by atoms with Crippen LogP contribution in [-0.2, 0) is 15.7 Å². The smallest absolute Gasteiger partial charge is 0.399 e. The molecule has 4 aromatic rings. The van der Waals surface area contributed by atoms with Crippen LogP contribution in [0.15, 0.2) is 48.5 Å². The fourth-order valence-electron chi connectivity index (χ4n) is 4.67. The molecule has 1 heterocycles. The molecule has 1 fully saturated rings. The summed E-state index contributed by atoms with van der Waals surface area (Å²) in [5.74, 6) is 0.651. The van der Waals surface area contributed by atoms with Gasteiger partial charge in [0, 0.05) is 0 Å². The minimum Gasteiger partial charge on any atom is -0.399 e. The normalized spacial score (nSPS) is 18.7. The summed E-state index contributed by atoms with van der Waals surface area (Å²) in [5.41, 5.74) is 1.86. The predicted octanol–water partition coefficient (Wildman–Crippen LogP) is 6.08. The van der Waals surface area contributed by atoms with Crippen LogP contribution in [0.5, 0.6) is 0 Å². The number of benzene rings is 4. The van der Waals surface area contributed by atoms with E-state index >= 15 is 0 Å². The first kappa shape index (κ1) is 18.9. The Morgan fingerprint density at radius 2 is 1.31 bits per heavy atom. The zero-order valence-corrected chi connectivity index (χ0v) is 18.3. The van der Waals surface area contributed by atoms with Gasteiger partial charge in [-0.05, 0) is 83.4 Å². The molecule has 0 bridgehead atoms. The highest BCUT2D eigenvalue weighted by molar-refractivity contribution is 6.65. The Labute approximate surface area is 173 Å². The summed E-state index contributed by atoms with van der Waals surface area (Å²) in [7, 11) is -0.346. The fourth-order valence-corrected chi connectivity index (χ4v) is 4.67. The highest BCUT2D eigenvalue weighted by Gasteiger charge is 2.52. The van der Waals surface area contributed by atoms with Gasteiger partial charge in [-0.3, -0.25) is 0 Å². The maximum atomic E-state index is 6.38. The van der Waals surface area contributed by atoms with Gasteiger partial charge in [-0.1, -0.05) is 62.4 Å². The van der Waals surface area contributed by atoms with Crippen molar-refractivity contribution in [3.63, 3.8) is 0 Å². The lowest BCUT2D eigenvalue weighted by molar-refractivity contribution is 0.00578. The van der Waals surface area contributed by atoms with Gasteiger partial charge < -0.3 is 9.31 Å². The Hall–Kier alpha value is -2.10. The third-order valence-corrected chi connectivity index (χ3v) is 6.84. The number of hydrogen-bond donors (Lipinski definition) is 0. The first-order valence-corrected chi connectivity index (χ1v) is 10.7. The molecule has 148 valence electrons. The molecular weight excluding hydrogens is 355 g/mol. The number of hydrogen-bond acceptors (Lipinski definition) is 2. The van der Waals surface area contributed by atoms with Crippen LogP contribution in [-0.4, -0.2) is 18.3 Å². The van der Waals surface area contributed by atoms with Crippen molar-refractivity contribution in [3.8, 4) is 0 Å². The van der Waals surface area contributed by atoms with E-state index < -0.39 is 0 Å². The molecule has 0 N–H and O–H groups in total. The van der Waals surface area contributed by atoms with E-state index in [1.165, 1.54) is 37.9 Å². The first-order chi connectivity index (χ1) is 13.7. The van der Waals surface area contributed by atoms with Gasteiger partial charge in [0.05, 0.1) is 11.2 Å². The predicted molar refractivity (Wildman–Crippen MR) is 124 cm³/mol. The molecule has 2 nitrogen and oxygen atoms in total. The molecule has 0 unspecified atom stereocenters. The molecule has 0 aromatic heterocycles. The van der Waals surface area contributed by atoms with Gasteiger partial charge in [-0.25, -0.2) is 0 Å². The molecule has 0 radical (unpaired) electrons. The highest BCUT2D eigenvalue weighted by Crippen LogP contribution is 2.39. The van der Waals surface area contributed by atoms with E-state index in [1.54, 1.807) is 0 Å². The van der Waals surface area contributed by atoms with Crippen LogP contribution in [0.2, 0.25) is 0 Å². The first-order valence-electron chi connectivity index (χ1n) is 10.7. The molecule has 0 aliphatic carbocycles. The van der Waals surface area contributed by atoms with Crippen LogP contribution >= 0.6 is 0 Å². The second-order valence-corrected chi connectivity index (χ2v) is 10.0. The Morgan fingerprint density at radius 3 is 1.93 bits per heavy atom. The van der Waals surface area contributed by atoms with Gasteiger partial charge >= 0.3 is 7.12 Å². The lowest BCUT2D eigenvalue weighted by Gasteiger charge is -2.32. The van der Waals surface area contributed by atoms with E-state index in [2.05, 4.69) is 90.1 Å². The Balaban J connectivity index is 1.73. The van der Waals surface area contributed by atoms with Gasteiger partial charge in [-0.2, -0.15) is 0 Å². The van der Waals surface area contributed by atoms with Crippen molar-refractivity contribution in [3.05, 3.63) is 54.1 Å². The Morgan fingerprint density at radius 1 is 0.759 bits per heavy atom. The van der Waals surface area contributed by atoms with Crippen molar-refractivity contribution in [1.82, 2.24) is 0 Å². The molecule has 0 spiro atoms. The van der Waals surface area contributed by atoms with Crippen molar-refractivity contribution < 1.29 is 9.31 Å². The third kappa shape index (κ3) is 2.86. The Kier molecular flexibility index (Phi) is 4.04. The standard InChI is InChI=1S/C26H29BO2/c1-16(2)13-17-14-19-8-7-18-10-12-22(27-28-25(3,4)26(5,6)29-27)21-11-9-20(15-17)23(19)24(18)21/h7-12,14-16H,13H2,1-6H3. The van der Waals surface area contributed by atoms with Crippen molar-refractivity contribution in [2.75, 3.05) is 0 Å². The maximum Gasteiger partial charge on any atom is 0.495 e. The fraction of sp³-hybridized carbons (Fsp3) is 0.385. The molecule has 0 saturated carbocycles. The molecular formula is C26H29BO2. The van der Waals surface area contributed by atoms with Crippen LogP contribution in [0.3, 0.4) is 0 Å². The SMILES string of the molecule is CC(C)Cc1cc2ccc3ccc(B4OC(C)(C)C(C)(C)O4)c4ccc(c1)c2c34. The number of rotatable bonds is 3.